The van der Waals surface area contributed by atoms with Crippen molar-refractivity contribution in [2.75, 3.05) is 12.2 Å². The Bertz CT molecular complexity index is 949. The topological polar surface area (TPSA) is 62.7 Å². The first kappa shape index (κ1) is 17.3. The first-order chi connectivity index (χ1) is 12.5. The van der Waals surface area contributed by atoms with Crippen molar-refractivity contribution in [2.45, 2.75) is 0 Å². The van der Waals surface area contributed by atoms with Crippen molar-refractivity contribution >= 4 is 17.5 Å². The zero-order chi connectivity index (χ0) is 18.7. The smallest absolute Gasteiger partial charge is 0.339 e. The standard InChI is InChI=1S/C19H14F2N2O3/c1-26-17-13(12-6-3-2-4-7-12)9-10-15(16(17)20)23(21)18-14(19(24)25)8-5-11-22-18/h2-11H,1H3,(H,24,25). The zero-order valence-electron chi connectivity index (χ0n) is 13.7. The highest BCUT2D eigenvalue weighted by Gasteiger charge is 2.25. The van der Waals surface area contributed by atoms with E-state index < -0.39 is 23.3 Å². The van der Waals surface area contributed by atoms with Gasteiger partial charge in [0.15, 0.2) is 17.4 Å². The Morgan fingerprint density at radius 1 is 1.12 bits per heavy atom. The molecule has 0 bridgehead atoms. The van der Waals surface area contributed by atoms with Gasteiger partial charge in [0.2, 0.25) is 0 Å². The maximum atomic E-state index is 14.9. The highest BCUT2D eigenvalue weighted by atomic mass is 19.2. The number of aromatic carboxylic acids is 1. The molecule has 1 heterocycles. The van der Waals surface area contributed by atoms with E-state index in [1.165, 1.54) is 37.6 Å². The molecular weight excluding hydrogens is 342 g/mol. The van der Waals surface area contributed by atoms with Crippen molar-refractivity contribution < 1.29 is 23.5 Å². The number of hydrogen-bond donors (Lipinski definition) is 1. The molecule has 0 radical (unpaired) electrons. The van der Waals surface area contributed by atoms with Gasteiger partial charge in [0.05, 0.1) is 7.11 Å². The van der Waals surface area contributed by atoms with Crippen LogP contribution in [0.15, 0.2) is 60.8 Å². The molecule has 0 aliphatic heterocycles. The van der Waals surface area contributed by atoms with Crippen LogP contribution in [-0.2, 0) is 0 Å². The van der Waals surface area contributed by atoms with Crippen LogP contribution in [0.1, 0.15) is 10.4 Å². The third kappa shape index (κ3) is 3.06. The molecule has 3 aromatic rings. The predicted octanol–water partition coefficient (Wildman–Crippen LogP) is 4.62. The molecule has 0 saturated heterocycles. The van der Waals surface area contributed by atoms with Crippen molar-refractivity contribution in [1.82, 2.24) is 4.98 Å². The number of ether oxygens (including phenoxy) is 1. The fourth-order valence-corrected chi connectivity index (χ4v) is 2.58. The first-order valence-corrected chi connectivity index (χ1v) is 7.60. The lowest BCUT2D eigenvalue weighted by atomic mass is 10.0. The van der Waals surface area contributed by atoms with E-state index in [2.05, 4.69) is 4.98 Å². The van der Waals surface area contributed by atoms with Gasteiger partial charge in [0.25, 0.3) is 0 Å². The summed E-state index contributed by atoms with van der Waals surface area (Å²) in [6.07, 6.45) is 1.22. The van der Waals surface area contributed by atoms with Gasteiger partial charge in [0.1, 0.15) is 11.3 Å². The van der Waals surface area contributed by atoms with Crippen LogP contribution in [0.3, 0.4) is 0 Å². The van der Waals surface area contributed by atoms with Gasteiger partial charge < -0.3 is 9.84 Å². The summed E-state index contributed by atoms with van der Waals surface area (Å²) < 4.78 is 34.8. The molecule has 2 aromatic carbocycles. The summed E-state index contributed by atoms with van der Waals surface area (Å²) in [6, 6.07) is 14.2. The maximum absolute atomic E-state index is 14.9. The van der Waals surface area contributed by atoms with Gasteiger partial charge in [-0.15, -0.1) is 0 Å². The van der Waals surface area contributed by atoms with Gasteiger partial charge in [-0.1, -0.05) is 34.8 Å². The molecule has 0 unspecified atom stereocenters. The Morgan fingerprint density at radius 2 is 1.85 bits per heavy atom. The Balaban J connectivity index is 2.11. The Labute approximate surface area is 148 Å². The van der Waals surface area contributed by atoms with Gasteiger partial charge in [0, 0.05) is 11.8 Å². The average Bonchev–Trinajstić information content (AvgIpc) is 2.67. The van der Waals surface area contributed by atoms with Gasteiger partial charge in [-0.05, 0) is 29.8 Å². The number of hydrogen-bond acceptors (Lipinski definition) is 4. The van der Waals surface area contributed by atoms with Crippen LogP contribution in [0, 0.1) is 5.82 Å². The number of anilines is 2. The fraction of sp³-hybridized carbons (Fsp3) is 0.0526. The van der Waals surface area contributed by atoms with E-state index in [-0.39, 0.29) is 16.4 Å². The summed E-state index contributed by atoms with van der Waals surface area (Å²) in [6.45, 7) is 0. The number of methoxy groups -OCH3 is 1. The maximum Gasteiger partial charge on any atom is 0.339 e. The van der Waals surface area contributed by atoms with E-state index in [4.69, 9.17) is 4.74 Å². The Hall–Kier alpha value is -3.48. The molecule has 0 fully saturated rings. The second kappa shape index (κ2) is 7.18. The molecule has 0 spiro atoms. The number of benzene rings is 2. The summed E-state index contributed by atoms with van der Waals surface area (Å²) >= 11 is 0. The SMILES string of the molecule is COc1c(-c2ccccc2)ccc(N(F)c2ncccc2C(=O)O)c1F. The van der Waals surface area contributed by atoms with Crippen molar-refractivity contribution in [3.05, 3.63) is 72.2 Å². The average molecular weight is 356 g/mol. The number of carboxylic acids is 1. The first-order valence-electron chi connectivity index (χ1n) is 7.60. The lowest BCUT2D eigenvalue weighted by Gasteiger charge is -2.18. The van der Waals surface area contributed by atoms with Crippen LogP contribution in [0.25, 0.3) is 11.1 Å². The van der Waals surface area contributed by atoms with Gasteiger partial charge >= 0.3 is 5.97 Å². The van der Waals surface area contributed by atoms with Crippen LogP contribution < -0.4 is 9.86 Å². The van der Waals surface area contributed by atoms with E-state index in [1.807, 2.05) is 6.07 Å². The third-order valence-corrected chi connectivity index (χ3v) is 3.78. The summed E-state index contributed by atoms with van der Waals surface area (Å²) in [7, 11) is 1.28. The lowest BCUT2D eigenvalue weighted by Crippen LogP contribution is -2.13. The quantitative estimate of drug-likeness (QED) is 0.676. The number of pyridine rings is 1. The molecule has 0 aliphatic carbocycles. The second-order valence-electron chi connectivity index (χ2n) is 5.31. The minimum atomic E-state index is -1.37. The van der Waals surface area contributed by atoms with Gasteiger partial charge in [-0.3, -0.25) is 0 Å². The summed E-state index contributed by atoms with van der Waals surface area (Å²) in [5.41, 5.74) is 0.259. The molecule has 0 atom stereocenters. The van der Waals surface area contributed by atoms with E-state index in [0.29, 0.717) is 11.1 Å². The molecule has 0 saturated carbocycles. The normalized spacial score (nSPS) is 10.4. The minimum absolute atomic E-state index is 0.101. The van der Waals surface area contributed by atoms with Crippen LogP contribution in [-0.4, -0.2) is 23.2 Å². The monoisotopic (exact) mass is 356 g/mol. The van der Waals surface area contributed by atoms with E-state index in [1.54, 1.807) is 24.3 Å². The van der Waals surface area contributed by atoms with Crippen LogP contribution in [0.2, 0.25) is 0 Å². The molecule has 5 nitrogen and oxygen atoms in total. The summed E-state index contributed by atoms with van der Waals surface area (Å²) in [4.78, 5) is 15.0. The highest BCUT2D eigenvalue weighted by Crippen LogP contribution is 2.39. The third-order valence-electron chi connectivity index (χ3n) is 3.78. The fourth-order valence-electron chi connectivity index (χ4n) is 2.58. The lowest BCUT2D eigenvalue weighted by molar-refractivity contribution is 0.0696. The molecule has 132 valence electrons. The molecule has 1 N–H and O–H groups in total. The molecule has 0 aliphatic rings. The van der Waals surface area contributed by atoms with Crippen LogP contribution in [0.5, 0.6) is 5.75 Å². The largest absolute Gasteiger partial charge is 0.493 e. The number of nitrogens with zero attached hydrogens (tertiary/aromatic N) is 2. The molecule has 7 heteroatoms. The molecule has 1 aromatic heterocycles. The van der Waals surface area contributed by atoms with Crippen LogP contribution >= 0.6 is 0 Å². The number of halogens is 2. The van der Waals surface area contributed by atoms with Gasteiger partial charge in [-0.2, -0.15) is 5.12 Å². The molecule has 0 amide bonds. The number of carbonyl (C=O) groups is 1. The summed E-state index contributed by atoms with van der Waals surface area (Å²) in [5.74, 6) is -3.00. The number of carboxylic acid groups (broad SMARTS) is 1. The predicted molar refractivity (Wildman–Crippen MR) is 92.8 cm³/mol. The molecular formula is C19H14F2N2O3. The van der Waals surface area contributed by atoms with Gasteiger partial charge in [-0.25, -0.2) is 14.2 Å². The Kier molecular flexibility index (Phi) is 4.79. The Morgan fingerprint density at radius 3 is 2.50 bits per heavy atom. The van der Waals surface area contributed by atoms with E-state index in [9.17, 15) is 18.8 Å². The minimum Gasteiger partial charge on any atom is -0.493 e. The van der Waals surface area contributed by atoms with Crippen molar-refractivity contribution in [3.8, 4) is 16.9 Å². The second-order valence-corrected chi connectivity index (χ2v) is 5.31. The number of rotatable bonds is 5. The molecule has 26 heavy (non-hydrogen) atoms. The van der Waals surface area contributed by atoms with Crippen LogP contribution in [0.4, 0.5) is 20.4 Å². The molecule has 3 rings (SSSR count). The van der Waals surface area contributed by atoms with Crippen molar-refractivity contribution in [2.24, 2.45) is 0 Å². The van der Waals surface area contributed by atoms with E-state index in [0.717, 1.165) is 0 Å². The summed E-state index contributed by atoms with van der Waals surface area (Å²) in [5, 5.41) is 9.07. The van der Waals surface area contributed by atoms with Crippen molar-refractivity contribution in [1.29, 1.82) is 0 Å². The number of aromatic nitrogens is 1. The highest BCUT2D eigenvalue weighted by molar-refractivity contribution is 5.94. The van der Waals surface area contributed by atoms with Crippen molar-refractivity contribution in [3.63, 3.8) is 0 Å². The van der Waals surface area contributed by atoms with E-state index >= 15 is 0 Å². The zero-order valence-corrected chi connectivity index (χ0v) is 13.7.